The molecule has 2 N–H and O–H groups in total. The fourth-order valence-corrected chi connectivity index (χ4v) is 3.44. The first-order valence-electron chi connectivity index (χ1n) is 10.3. The Bertz CT molecular complexity index is 1030. The number of carbonyl (C=O) groups excluding carboxylic acids is 2. The predicted octanol–water partition coefficient (Wildman–Crippen LogP) is 4.38. The molecule has 0 aliphatic heterocycles. The fraction of sp³-hybridized carbons (Fsp3) is 0.240. The fourth-order valence-electron chi connectivity index (χ4n) is 3.44. The number of ketones is 1. The molecule has 0 aliphatic carbocycles. The van der Waals surface area contributed by atoms with Gasteiger partial charge in [-0.05, 0) is 38.7 Å². The molecule has 6 nitrogen and oxygen atoms in total. The number of aromatic nitrogens is 1. The van der Waals surface area contributed by atoms with Crippen LogP contribution in [0.25, 0.3) is 0 Å². The molecule has 160 valence electrons. The lowest BCUT2D eigenvalue weighted by atomic mass is 9.92. The second-order valence-electron chi connectivity index (χ2n) is 7.67. The highest BCUT2D eigenvalue weighted by atomic mass is 16.1. The van der Waals surface area contributed by atoms with Crippen molar-refractivity contribution in [1.29, 1.82) is 0 Å². The Morgan fingerprint density at radius 1 is 0.968 bits per heavy atom. The summed E-state index contributed by atoms with van der Waals surface area (Å²) in [5.41, 5.74) is 3.61. The van der Waals surface area contributed by atoms with E-state index in [9.17, 15) is 9.59 Å². The number of amides is 1. The van der Waals surface area contributed by atoms with E-state index in [1.807, 2.05) is 74.8 Å². The van der Waals surface area contributed by atoms with Crippen molar-refractivity contribution in [3.8, 4) is 0 Å². The molecule has 0 saturated heterocycles. The van der Waals surface area contributed by atoms with Gasteiger partial charge in [-0.25, -0.2) is 0 Å². The second kappa shape index (κ2) is 10.5. The maximum Gasteiger partial charge on any atom is 0.221 e. The minimum atomic E-state index is -0.166. The third-order valence-electron chi connectivity index (χ3n) is 4.94. The summed E-state index contributed by atoms with van der Waals surface area (Å²) in [4.78, 5) is 31.1. The normalized spacial score (nSPS) is 11.7. The van der Waals surface area contributed by atoms with Gasteiger partial charge >= 0.3 is 0 Å². The molecule has 0 fully saturated rings. The van der Waals surface area contributed by atoms with Crippen LogP contribution in [-0.4, -0.2) is 42.2 Å². The number of hydrogen-bond acceptors (Lipinski definition) is 5. The smallest absolute Gasteiger partial charge is 0.221 e. The van der Waals surface area contributed by atoms with Crippen LogP contribution in [0.2, 0.25) is 0 Å². The zero-order chi connectivity index (χ0) is 22.2. The monoisotopic (exact) mass is 416 g/mol. The first-order valence-corrected chi connectivity index (χ1v) is 10.3. The summed E-state index contributed by atoms with van der Waals surface area (Å²) in [6.45, 7) is 2.29. The molecule has 1 amide bonds. The number of nitrogens with zero attached hydrogens (tertiary/aromatic N) is 2. The average molecular weight is 417 g/mol. The van der Waals surface area contributed by atoms with E-state index in [0.717, 1.165) is 24.2 Å². The Kier molecular flexibility index (Phi) is 7.51. The molecule has 1 atom stereocenters. The number of hydrogen-bond donors (Lipinski definition) is 2. The first kappa shape index (κ1) is 22.2. The standard InChI is InChI=1S/C25H28N4O2/c1-18(30)27-24-17-26-15-13-23(24)28-22(14-16-29(2)3)20-11-7-8-12-21(20)25(31)19-9-5-4-6-10-19/h4-13,15,17,22H,14,16H2,1-3H3,(H,26,28)(H,27,30). The summed E-state index contributed by atoms with van der Waals surface area (Å²) in [6.07, 6.45) is 4.07. The Balaban J connectivity index is 1.99. The van der Waals surface area contributed by atoms with E-state index in [1.54, 1.807) is 12.4 Å². The molecule has 6 heteroatoms. The lowest BCUT2D eigenvalue weighted by Gasteiger charge is -2.25. The number of carbonyl (C=O) groups is 2. The molecule has 3 aromatic rings. The van der Waals surface area contributed by atoms with Crippen molar-refractivity contribution in [3.63, 3.8) is 0 Å². The maximum atomic E-state index is 13.3. The van der Waals surface area contributed by atoms with Gasteiger partial charge in [0.15, 0.2) is 5.78 Å². The van der Waals surface area contributed by atoms with Crippen LogP contribution >= 0.6 is 0 Å². The van der Waals surface area contributed by atoms with Crippen molar-refractivity contribution in [1.82, 2.24) is 9.88 Å². The number of rotatable bonds is 9. The molecule has 0 radical (unpaired) electrons. The minimum absolute atomic E-state index is 0.00957. The third-order valence-corrected chi connectivity index (χ3v) is 4.94. The summed E-state index contributed by atoms with van der Waals surface area (Å²) in [6, 6.07) is 18.7. The highest BCUT2D eigenvalue weighted by molar-refractivity contribution is 6.10. The summed E-state index contributed by atoms with van der Waals surface area (Å²) in [7, 11) is 4.04. The molecule has 2 aromatic carbocycles. The lowest BCUT2D eigenvalue weighted by molar-refractivity contribution is -0.114. The molecule has 1 aromatic heterocycles. The predicted molar refractivity (Wildman–Crippen MR) is 124 cm³/mol. The van der Waals surface area contributed by atoms with Gasteiger partial charge in [0.2, 0.25) is 5.91 Å². The maximum absolute atomic E-state index is 13.3. The number of anilines is 2. The average Bonchev–Trinajstić information content (AvgIpc) is 2.77. The van der Waals surface area contributed by atoms with Crippen molar-refractivity contribution in [2.75, 3.05) is 31.3 Å². The minimum Gasteiger partial charge on any atom is -0.376 e. The second-order valence-corrected chi connectivity index (χ2v) is 7.67. The van der Waals surface area contributed by atoms with Crippen molar-refractivity contribution in [2.45, 2.75) is 19.4 Å². The molecule has 0 aliphatic rings. The van der Waals surface area contributed by atoms with Gasteiger partial charge in [-0.1, -0.05) is 54.6 Å². The van der Waals surface area contributed by atoms with Gasteiger partial charge in [-0.15, -0.1) is 0 Å². The van der Waals surface area contributed by atoms with Crippen molar-refractivity contribution >= 4 is 23.1 Å². The molecule has 3 rings (SSSR count). The molecule has 1 heterocycles. The van der Waals surface area contributed by atoms with Crippen LogP contribution in [0.15, 0.2) is 73.1 Å². The summed E-state index contributed by atoms with van der Waals surface area (Å²) >= 11 is 0. The van der Waals surface area contributed by atoms with Crippen LogP contribution in [0.5, 0.6) is 0 Å². The SMILES string of the molecule is CC(=O)Nc1cnccc1NC(CCN(C)C)c1ccccc1C(=O)c1ccccc1. The number of pyridine rings is 1. The van der Waals surface area contributed by atoms with Gasteiger partial charge in [0.25, 0.3) is 0 Å². The van der Waals surface area contributed by atoms with Gasteiger partial charge in [0.05, 0.1) is 23.6 Å². The van der Waals surface area contributed by atoms with Crippen LogP contribution in [-0.2, 0) is 4.79 Å². The van der Waals surface area contributed by atoms with E-state index in [2.05, 4.69) is 20.5 Å². The van der Waals surface area contributed by atoms with E-state index in [-0.39, 0.29) is 17.7 Å². The zero-order valence-electron chi connectivity index (χ0n) is 18.1. The number of nitrogens with one attached hydrogen (secondary N) is 2. The zero-order valence-corrected chi connectivity index (χ0v) is 18.1. The lowest BCUT2D eigenvalue weighted by Crippen LogP contribution is -2.22. The van der Waals surface area contributed by atoms with Gasteiger partial charge in [0, 0.05) is 24.2 Å². The molecule has 0 spiro atoms. The van der Waals surface area contributed by atoms with Gasteiger partial charge in [0.1, 0.15) is 0 Å². The molecule has 31 heavy (non-hydrogen) atoms. The van der Waals surface area contributed by atoms with Crippen molar-refractivity contribution in [2.24, 2.45) is 0 Å². The summed E-state index contributed by atoms with van der Waals surface area (Å²) in [5.74, 6) is -0.176. The first-order chi connectivity index (χ1) is 15.0. The Morgan fingerprint density at radius 3 is 2.39 bits per heavy atom. The van der Waals surface area contributed by atoms with E-state index >= 15 is 0 Å². The highest BCUT2D eigenvalue weighted by Gasteiger charge is 2.21. The molecular weight excluding hydrogens is 388 g/mol. The van der Waals surface area contributed by atoms with Gasteiger partial charge in [-0.3, -0.25) is 14.6 Å². The van der Waals surface area contributed by atoms with Gasteiger partial charge in [-0.2, -0.15) is 0 Å². The van der Waals surface area contributed by atoms with Crippen LogP contribution < -0.4 is 10.6 Å². The summed E-state index contributed by atoms with van der Waals surface area (Å²) < 4.78 is 0. The molecule has 0 bridgehead atoms. The largest absolute Gasteiger partial charge is 0.376 e. The molecular formula is C25H28N4O2. The topological polar surface area (TPSA) is 74.3 Å². The third kappa shape index (κ3) is 5.99. The Morgan fingerprint density at radius 2 is 1.68 bits per heavy atom. The summed E-state index contributed by atoms with van der Waals surface area (Å²) in [5, 5.41) is 6.35. The van der Waals surface area contributed by atoms with Crippen LogP contribution in [0.4, 0.5) is 11.4 Å². The van der Waals surface area contributed by atoms with Gasteiger partial charge < -0.3 is 15.5 Å². The Labute approximate surface area is 183 Å². The van der Waals surface area contributed by atoms with Crippen LogP contribution in [0, 0.1) is 0 Å². The van der Waals surface area contributed by atoms with E-state index < -0.39 is 0 Å². The van der Waals surface area contributed by atoms with Crippen LogP contribution in [0.3, 0.4) is 0 Å². The molecule has 1 unspecified atom stereocenters. The van der Waals surface area contributed by atoms with Crippen molar-refractivity contribution in [3.05, 3.63) is 89.7 Å². The quantitative estimate of drug-likeness (QED) is 0.507. The van der Waals surface area contributed by atoms with E-state index in [4.69, 9.17) is 0 Å². The Hall–Kier alpha value is -3.51. The van der Waals surface area contributed by atoms with E-state index in [1.165, 1.54) is 6.92 Å². The molecule has 0 saturated carbocycles. The highest BCUT2D eigenvalue weighted by Crippen LogP contribution is 2.30. The van der Waals surface area contributed by atoms with Crippen LogP contribution in [0.1, 0.15) is 40.9 Å². The number of benzene rings is 2. The van der Waals surface area contributed by atoms with Crippen molar-refractivity contribution < 1.29 is 9.59 Å². The van der Waals surface area contributed by atoms with E-state index in [0.29, 0.717) is 16.8 Å².